The third-order valence-electron chi connectivity index (χ3n) is 3.28. The quantitative estimate of drug-likeness (QED) is 0.510. The Balaban J connectivity index is 2.60. The van der Waals surface area contributed by atoms with Crippen LogP contribution in [0.5, 0.6) is 0 Å². The molecular formula is C13H21N3O5. The van der Waals surface area contributed by atoms with E-state index in [2.05, 4.69) is 10.6 Å². The molecule has 0 aliphatic carbocycles. The number of amides is 3. The second kappa shape index (κ2) is 7.61. The van der Waals surface area contributed by atoms with E-state index in [1.165, 1.54) is 0 Å². The molecule has 21 heavy (non-hydrogen) atoms. The van der Waals surface area contributed by atoms with Gasteiger partial charge in [0.1, 0.15) is 12.1 Å². The normalized spacial score (nSPS) is 20.3. The smallest absolute Gasteiger partial charge is 0.306 e. The number of hydrogen-bond donors (Lipinski definition) is 3. The fourth-order valence-electron chi connectivity index (χ4n) is 2.16. The zero-order valence-corrected chi connectivity index (χ0v) is 12.2. The van der Waals surface area contributed by atoms with Crippen LogP contribution in [0.4, 0.5) is 0 Å². The molecule has 0 spiro atoms. The van der Waals surface area contributed by atoms with Gasteiger partial charge in [-0.2, -0.15) is 0 Å². The molecule has 1 aliphatic heterocycles. The van der Waals surface area contributed by atoms with E-state index in [1.807, 2.05) is 0 Å². The summed E-state index contributed by atoms with van der Waals surface area (Å²) < 4.78 is 4.80. The Bertz CT molecular complexity index is 438. The van der Waals surface area contributed by atoms with Crippen molar-refractivity contribution in [2.75, 3.05) is 6.61 Å². The molecule has 1 saturated heterocycles. The maximum absolute atomic E-state index is 12.0. The highest BCUT2D eigenvalue weighted by Gasteiger charge is 2.32. The highest BCUT2D eigenvalue weighted by Crippen LogP contribution is 2.12. The zero-order chi connectivity index (χ0) is 16.0. The summed E-state index contributed by atoms with van der Waals surface area (Å²) in [6.07, 6.45) is 0.624. The molecule has 4 N–H and O–H groups in total. The first-order chi connectivity index (χ1) is 9.85. The van der Waals surface area contributed by atoms with Crippen molar-refractivity contribution in [2.45, 2.75) is 45.2 Å². The molecule has 0 saturated carbocycles. The van der Waals surface area contributed by atoms with Gasteiger partial charge < -0.3 is 21.1 Å². The van der Waals surface area contributed by atoms with Crippen LogP contribution in [0.1, 0.15) is 33.1 Å². The van der Waals surface area contributed by atoms with Crippen molar-refractivity contribution in [3.05, 3.63) is 0 Å². The maximum Gasteiger partial charge on any atom is 0.306 e. The molecule has 3 amide bonds. The molecule has 1 rings (SSSR count). The van der Waals surface area contributed by atoms with Gasteiger partial charge in [-0.05, 0) is 19.3 Å². The van der Waals surface area contributed by atoms with Gasteiger partial charge in [-0.3, -0.25) is 19.2 Å². The topological polar surface area (TPSA) is 128 Å². The molecule has 1 fully saturated rings. The number of rotatable bonds is 7. The van der Waals surface area contributed by atoms with Gasteiger partial charge in [-0.25, -0.2) is 0 Å². The first-order valence-electron chi connectivity index (χ1n) is 6.89. The van der Waals surface area contributed by atoms with Gasteiger partial charge >= 0.3 is 5.97 Å². The van der Waals surface area contributed by atoms with Crippen LogP contribution in [-0.4, -0.2) is 42.4 Å². The van der Waals surface area contributed by atoms with E-state index in [0.29, 0.717) is 6.42 Å². The van der Waals surface area contributed by atoms with Crippen LogP contribution in [0.2, 0.25) is 0 Å². The Kier molecular flexibility index (Phi) is 6.13. The van der Waals surface area contributed by atoms with Gasteiger partial charge in [0.05, 0.1) is 13.0 Å². The van der Waals surface area contributed by atoms with Crippen molar-refractivity contribution in [3.8, 4) is 0 Å². The van der Waals surface area contributed by atoms with Crippen LogP contribution >= 0.6 is 0 Å². The maximum atomic E-state index is 12.0. The summed E-state index contributed by atoms with van der Waals surface area (Å²) in [5.74, 6) is -2.36. The summed E-state index contributed by atoms with van der Waals surface area (Å²) in [5.41, 5.74) is 5.27. The Morgan fingerprint density at radius 3 is 2.62 bits per heavy atom. The van der Waals surface area contributed by atoms with E-state index in [1.54, 1.807) is 13.8 Å². The van der Waals surface area contributed by atoms with Crippen LogP contribution in [0.25, 0.3) is 0 Å². The van der Waals surface area contributed by atoms with Crippen molar-refractivity contribution < 1.29 is 23.9 Å². The number of carbonyl (C=O) groups is 4. The largest absolute Gasteiger partial charge is 0.466 e. The van der Waals surface area contributed by atoms with Gasteiger partial charge in [0.15, 0.2) is 0 Å². The van der Waals surface area contributed by atoms with Crippen molar-refractivity contribution >= 4 is 23.7 Å². The van der Waals surface area contributed by atoms with Gasteiger partial charge in [-0.1, -0.05) is 6.92 Å². The minimum Gasteiger partial charge on any atom is -0.466 e. The molecule has 0 unspecified atom stereocenters. The Morgan fingerprint density at radius 1 is 1.48 bits per heavy atom. The van der Waals surface area contributed by atoms with Crippen LogP contribution in [0.3, 0.4) is 0 Å². The number of esters is 1. The van der Waals surface area contributed by atoms with Crippen LogP contribution in [0, 0.1) is 5.92 Å². The SMILES string of the molecule is CCOC(=O)C[C@H](C)[C@H](NC(=O)[C@@H]1CCC(=O)N1)C(N)=O. The highest BCUT2D eigenvalue weighted by atomic mass is 16.5. The predicted molar refractivity (Wildman–Crippen MR) is 72.7 cm³/mol. The van der Waals surface area contributed by atoms with E-state index < -0.39 is 35.8 Å². The standard InChI is InChI=1S/C13H21N3O5/c1-3-21-10(18)6-7(2)11(12(14)19)16-13(20)8-4-5-9(17)15-8/h7-8,11H,3-6H2,1-2H3,(H2,14,19)(H,15,17)(H,16,20)/t7-,8-,11-/m0/s1. The molecule has 0 bridgehead atoms. The van der Waals surface area contributed by atoms with Gasteiger partial charge in [0.2, 0.25) is 17.7 Å². The lowest BCUT2D eigenvalue weighted by Gasteiger charge is -2.23. The Morgan fingerprint density at radius 2 is 2.14 bits per heavy atom. The monoisotopic (exact) mass is 299 g/mol. The fraction of sp³-hybridized carbons (Fsp3) is 0.692. The minimum atomic E-state index is -0.987. The summed E-state index contributed by atoms with van der Waals surface area (Å²) in [5, 5.41) is 4.99. The summed E-state index contributed by atoms with van der Waals surface area (Å²) in [4.78, 5) is 45.9. The Labute approximate surface area is 122 Å². The average Bonchev–Trinajstić information content (AvgIpc) is 2.82. The number of carbonyl (C=O) groups excluding carboxylic acids is 4. The third kappa shape index (κ3) is 5.05. The lowest BCUT2D eigenvalue weighted by Crippen LogP contribution is -2.53. The second-order valence-electron chi connectivity index (χ2n) is 5.03. The molecule has 1 heterocycles. The molecule has 8 heteroatoms. The zero-order valence-electron chi connectivity index (χ0n) is 12.2. The average molecular weight is 299 g/mol. The second-order valence-corrected chi connectivity index (χ2v) is 5.03. The van der Waals surface area contributed by atoms with E-state index >= 15 is 0 Å². The molecular weight excluding hydrogens is 278 g/mol. The van der Waals surface area contributed by atoms with Crippen molar-refractivity contribution in [1.82, 2.24) is 10.6 Å². The van der Waals surface area contributed by atoms with Crippen LogP contribution in [0.15, 0.2) is 0 Å². The first kappa shape index (κ1) is 16.9. The molecule has 0 radical (unpaired) electrons. The molecule has 8 nitrogen and oxygen atoms in total. The number of primary amides is 1. The van der Waals surface area contributed by atoms with E-state index in [9.17, 15) is 19.2 Å². The predicted octanol–water partition coefficient (Wildman–Crippen LogP) is -1.18. The van der Waals surface area contributed by atoms with Gasteiger partial charge in [-0.15, -0.1) is 0 Å². The minimum absolute atomic E-state index is 0.0290. The molecule has 3 atom stereocenters. The number of ether oxygens (including phenoxy) is 1. The lowest BCUT2D eigenvalue weighted by molar-refractivity contribution is -0.145. The number of nitrogens with two attached hydrogens (primary N) is 1. The van der Waals surface area contributed by atoms with E-state index in [-0.39, 0.29) is 25.4 Å². The van der Waals surface area contributed by atoms with Crippen molar-refractivity contribution in [3.63, 3.8) is 0 Å². The number of nitrogens with one attached hydrogen (secondary N) is 2. The van der Waals surface area contributed by atoms with Gasteiger partial charge in [0.25, 0.3) is 0 Å². The molecule has 0 aromatic rings. The summed E-state index contributed by atoms with van der Waals surface area (Å²) >= 11 is 0. The summed E-state index contributed by atoms with van der Waals surface area (Å²) in [7, 11) is 0. The molecule has 1 aliphatic rings. The van der Waals surface area contributed by atoms with Gasteiger partial charge in [0, 0.05) is 6.42 Å². The first-order valence-corrected chi connectivity index (χ1v) is 6.89. The number of hydrogen-bond acceptors (Lipinski definition) is 5. The van der Waals surface area contributed by atoms with Crippen molar-refractivity contribution in [2.24, 2.45) is 11.7 Å². The van der Waals surface area contributed by atoms with E-state index in [4.69, 9.17) is 10.5 Å². The molecule has 0 aromatic heterocycles. The highest BCUT2D eigenvalue weighted by molar-refractivity contribution is 5.93. The summed E-state index contributed by atoms with van der Waals surface area (Å²) in [6, 6.07) is -1.64. The Hall–Kier alpha value is -2.12. The van der Waals surface area contributed by atoms with Crippen LogP contribution in [-0.2, 0) is 23.9 Å². The molecule has 118 valence electrons. The third-order valence-corrected chi connectivity index (χ3v) is 3.28. The molecule has 0 aromatic carbocycles. The fourth-order valence-corrected chi connectivity index (χ4v) is 2.16. The lowest BCUT2D eigenvalue weighted by atomic mass is 9.97. The summed E-state index contributed by atoms with van der Waals surface area (Å²) in [6.45, 7) is 3.55. The van der Waals surface area contributed by atoms with Crippen LogP contribution < -0.4 is 16.4 Å². The van der Waals surface area contributed by atoms with E-state index in [0.717, 1.165) is 0 Å². The van der Waals surface area contributed by atoms with Crippen molar-refractivity contribution in [1.29, 1.82) is 0 Å².